The van der Waals surface area contributed by atoms with Gasteiger partial charge < -0.3 is 5.32 Å². The van der Waals surface area contributed by atoms with Crippen LogP contribution in [0.5, 0.6) is 0 Å². The van der Waals surface area contributed by atoms with Gasteiger partial charge in [0.15, 0.2) is 0 Å². The van der Waals surface area contributed by atoms with Crippen LogP contribution in [-0.4, -0.2) is 17.3 Å². The molecule has 1 N–H and O–H groups in total. The summed E-state index contributed by atoms with van der Waals surface area (Å²) in [4.78, 5) is 10.5. The number of amides is 1. The fourth-order valence-corrected chi connectivity index (χ4v) is 2.18. The molecule has 1 spiro atoms. The summed E-state index contributed by atoms with van der Waals surface area (Å²) in [6.07, 6.45) is 3.32. The van der Waals surface area contributed by atoms with Gasteiger partial charge in [0.05, 0.1) is 0 Å². The van der Waals surface area contributed by atoms with Gasteiger partial charge in [-0.25, -0.2) is 0 Å². The zero-order chi connectivity index (χ0) is 8.11. The van der Waals surface area contributed by atoms with Crippen LogP contribution < -0.4 is 5.32 Å². The molecule has 2 rings (SSSR count). The molecule has 1 saturated carbocycles. The predicted molar refractivity (Wildman–Crippen MR) is 43.6 cm³/mol. The molecule has 1 heterocycles. The summed E-state index contributed by atoms with van der Waals surface area (Å²) in [6, 6.07) is 0. The Bertz CT molecular complexity index is 208. The van der Waals surface area contributed by atoms with Crippen LogP contribution in [0.2, 0.25) is 0 Å². The summed E-state index contributed by atoms with van der Waals surface area (Å²) in [5.74, 6) is -0.00306. The van der Waals surface area contributed by atoms with E-state index in [0.29, 0.717) is 5.41 Å². The molecule has 0 aromatic rings. The second-order valence-corrected chi connectivity index (χ2v) is 4.89. The number of carbonyl (C=O) groups is 1. The summed E-state index contributed by atoms with van der Waals surface area (Å²) in [6.45, 7) is 2.65. The van der Waals surface area contributed by atoms with E-state index in [-0.39, 0.29) is 5.91 Å². The van der Waals surface area contributed by atoms with E-state index < -0.39 is 4.87 Å². The van der Waals surface area contributed by atoms with E-state index in [4.69, 9.17) is 11.6 Å². The number of hydrogen-bond donors (Lipinski definition) is 1. The fraction of sp³-hybridized carbons (Fsp3) is 0.875. The first-order valence-electron chi connectivity index (χ1n) is 4.01. The summed E-state index contributed by atoms with van der Waals surface area (Å²) in [5.41, 5.74) is 0.379. The monoisotopic (exact) mass is 173 g/mol. The minimum atomic E-state index is -0.644. The average molecular weight is 174 g/mol. The molecule has 11 heavy (non-hydrogen) atoms. The normalized spacial score (nSPS) is 40.4. The molecular weight excluding hydrogens is 162 g/mol. The topological polar surface area (TPSA) is 29.1 Å². The van der Waals surface area contributed by atoms with Crippen LogP contribution in [0.25, 0.3) is 0 Å². The lowest BCUT2D eigenvalue weighted by Gasteiger charge is -2.32. The molecular formula is C8H12ClNO. The van der Waals surface area contributed by atoms with Gasteiger partial charge in [-0.1, -0.05) is 0 Å². The van der Waals surface area contributed by atoms with Crippen molar-refractivity contribution >= 4 is 17.5 Å². The molecule has 3 heteroatoms. The van der Waals surface area contributed by atoms with Gasteiger partial charge in [0, 0.05) is 6.54 Å². The average Bonchev–Trinajstić information content (AvgIpc) is 2.61. The van der Waals surface area contributed by atoms with E-state index in [9.17, 15) is 4.79 Å². The lowest BCUT2D eigenvalue weighted by atomic mass is 9.88. The molecule has 2 aliphatic rings. The maximum Gasteiger partial charge on any atom is 0.240 e. The van der Waals surface area contributed by atoms with E-state index in [1.165, 1.54) is 12.8 Å². The maximum absolute atomic E-state index is 11.2. The van der Waals surface area contributed by atoms with Crippen molar-refractivity contribution in [3.05, 3.63) is 0 Å². The minimum Gasteiger partial charge on any atom is -0.354 e. The van der Waals surface area contributed by atoms with Crippen molar-refractivity contribution in [1.82, 2.24) is 5.32 Å². The summed E-state index contributed by atoms with van der Waals surface area (Å²) < 4.78 is 0. The molecule has 1 atom stereocenters. The van der Waals surface area contributed by atoms with Crippen molar-refractivity contribution in [3.63, 3.8) is 0 Å². The first-order chi connectivity index (χ1) is 5.04. The quantitative estimate of drug-likeness (QED) is 0.550. The molecule has 2 fully saturated rings. The van der Waals surface area contributed by atoms with Crippen LogP contribution >= 0.6 is 11.6 Å². The molecule has 1 amide bonds. The molecule has 1 saturated heterocycles. The number of alkyl halides is 1. The third-order valence-corrected chi connectivity index (χ3v) is 3.07. The van der Waals surface area contributed by atoms with Crippen molar-refractivity contribution in [2.45, 2.75) is 31.1 Å². The Balaban J connectivity index is 2.14. The Kier molecular flexibility index (Phi) is 1.29. The number of piperidine rings is 1. The van der Waals surface area contributed by atoms with E-state index in [1.54, 1.807) is 0 Å². The van der Waals surface area contributed by atoms with Crippen molar-refractivity contribution < 1.29 is 4.79 Å². The Morgan fingerprint density at radius 2 is 2.18 bits per heavy atom. The molecule has 1 aliphatic carbocycles. The number of halogens is 1. The molecule has 2 nitrogen and oxygen atoms in total. The zero-order valence-electron chi connectivity index (χ0n) is 6.61. The van der Waals surface area contributed by atoms with Crippen LogP contribution in [0, 0.1) is 5.41 Å². The van der Waals surface area contributed by atoms with Gasteiger partial charge in [0.25, 0.3) is 0 Å². The van der Waals surface area contributed by atoms with Crippen molar-refractivity contribution in [2.75, 3.05) is 6.54 Å². The highest BCUT2D eigenvalue weighted by atomic mass is 35.5. The van der Waals surface area contributed by atoms with E-state index in [0.717, 1.165) is 13.0 Å². The van der Waals surface area contributed by atoms with E-state index in [2.05, 4.69) is 5.32 Å². The molecule has 0 aromatic carbocycles. The Labute approximate surface area is 71.3 Å². The largest absolute Gasteiger partial charge is 0.354 e. The third kappa shape index (κ3) is 1.13. The standard InChI is InChI=1S/C8H12ClNO/c1-7(9)4-8(2-3-8)5-10-6(7)11/h2-5H2,1H3,(H,10,11). The molecule has 62 valence electrons. The minimum absolute atomic E-state index is 0.00306. The third-order valence-electron chi connectivity index (χ3n) is 2.76. The summed E-state index contributed by atoms with van der Waals surface area (Å²) in [5, 5.41) is 2.85. The van der Waals surface area contributed by atoms with Crippen LogP contribution in [-0.2, 0) is 4.79 Å². The molecule has 1 unspecified atom stereocenters. The highest BCUT2D eigenvalue weighted by molar-refractivity contribution is 6.34. The Morgan fingerprint density at radius 1 is 1.55 bits per heavy atom. The van der Waals surface area contributed by atoms with Gasteiger partial charge in [0.2, 0.25) is 5.91 Å². The number of nitrogens with one attached hydrogen (secondary N) is 1. The van der Waals surface area contributed by atoms with Crippen molar-refractivity contribution in [3.8, 4) is 0 Å². The number of carbonyl (C=O) groups excluding carboxylic acids is 1. The van der Waals surface area contributed by atoms with E-state index in [1.807, 2.05) is 6.92 Å². The first kappa shape index (κ1) is 7.41. The summed E-state index contributed by atoms with van der Waals surface area (Å²) in [7, 11) is 0. The fourth-order valence-electron chi connectivity index (χ4n) is 1.83. The zero-order valence-corrected chi connectivity index (χ0v) is 7.37. The highest BCUT2D eigenvalue weighted by Gasteiger charge is 2.52. The summed E-state index contributed by atoms with van der Waals surface area (Å²) >= 11 is 6.03. The maximum atomic E-state index is 11.2. The SMILES string of the molecule is CC1(Cl)CC2(CC2)CNC1=O. The van der Waals surface area contributed by atoms with Gasteiger partial charge in [-0.2, -0.15) is 0 Å². The van der Waals surface area contributed by atoms with Crippen LogP contribution in [0.4, 0.5) is 0 Å². The van der Waals surface area contributed by atoms with Gasteiger partial charge in [-0.05, 0) is 31.6 Å². The lowest BCUT2D eigenvalue weighted by molar-refractivity contribution is -0.126. The predicted octanol–water partition coefficient (Wildman–Crippen LogP) is 1.28. The van der Waals surface area contributed by atoms with Crippen LogP contribution in [0.15, 0.2) is 0 Å². The van der Waals surface area contributed by atoms with Gasteiger partial charge >= 0.3 is 0 Å². The first-order valence-corrected chi connectivity index (χ1v) is 4.39. The van der Waals surface area contributed by atoms with Gasteiger partial charge in [-0.15, -0.1) is 11.6 Å². The number of rotatable bonds is 0. The Morgan fingerprint density at radius 3 is 2.64 bits per heavy atom. The molecule has 0 aromatic heterocycles. The molecule has 1 aliphatic heterocycles. The molecule has 0 radical (unpaired) electrons. The number of hydrogen-bond acceptors (Lipinski definition) is 1. The van der Waals surface area contributed by atoms with Gasteiger partial charge in [0.1, 0.15) is 4.87 Å². The van der Waals surface area contributed by atoms with Gasteiger partial charge in [-0.3, -0.25) is 4.79 Å². The smallest absolute Gasteiger partial charge is 0.240 e. The Hall–Kier alpha value is -0.240. The van der Waals surface area contributed by atoms with Crippen LogP contribution in [0.3, 0.4) is 0 Å². The van der Waals surface area contributed by atoms with E-state index >= 15 is 0 Å². The van der Waals surface area contributed by atoms with Crippen molar-refractivity contribution in [2.24, 2.45) is 5.41 Å². The second-order valence-electron chi connectivity index (χ2n) is 4.06. The lowest BCUT2D eigenvalue weighted by Crippen LogP contribution is -2.50. The molecule has 0 bridgehead atoms. The second kappa shape index (κ2) is 1.92. The highest BCUT2D eigenvalue weighted by Crippen LogP contribution is 2.53. The van der Waals surface area contributed by atoms with Crippen LogP contribution in [0.1, 0.15) is 26.2 Å². The van der Waals surface area contributed by atoms with Crippen molar-refractivity contribution in [1.29, 1.82) is 0 Å².